The van der Waals surface area contributed by atoms with Crippen molar-refractivity contribution in [3.63, 3.8) is 0 Å². The molecule has 0 radical (unpaired) electrons. The van der Waals surface area contributed by atoms with Gasteiger partial charge in [0.25, 0.3) is 0 Å². The topological polar surface area (TPSA) is 0 Å². The van der Waals surface area contributed by atoms with E-state index in [1.807, 2.05) is 32.1 Å². The summed E-state index contributed by atoms with van der Waals surface area (Å²) in [4.78, 5) is 0. The summed E-state index contributed by atoms with van der Waals surface area (Å²) in [6.07, 6.45) is 17.0. The van der Waals surface area contributed by atoms with E-state index in [-0.39, 0.29) is 0 Å². The molecule has 0 nitrogen and oxygen atoms in total. The molecule has 0 amide bonds. The Bertz CT molecular complexity index is 592. The van der Waals surface area contributed by atoms with Crippen LogP contribution in [-0.2, 0) is 0 Å². The maximum atomic E-state index is 3.74. The van der Waals surface area contributed by atoms with Crippen LogP contribution in [0.25, 0.3) is 11.1 Å². The lowest BCUT2D eigenvalue weighted by Gasteiger charge is -2.06. The molecule has 0 aromatic heterocycles. The molecule has 0 aliphatic carbocycles. The van der Waals surface area contributed by atoms with Crippen LogP contribution in [0, 0.1) is 0 Å². The van der Waals surface area contributed by atoms with Crippen molar-refractivity contribution in [2.75, 3.05) is 0 Å². The Kier molecular flexibility index (Phi) is 12.0. The second kappa shape index (κ2) is 13.3. The Morgan fingerprint density at radius 1 is 1.09 bits per heavy atom. The zero-order valence-electron chi connectivity index (χ0n) is 15.0. The fourth-order valence-corrected chi connectivity index (χ4v) is 1.97. The lowest BCUT2D eigenvalue weighted by atomic mass is 9.99. The first-order chi connectivity index (χ1) is 11.2. The van der Waals surface area contributed by atoms with Gasteiger partial charge in [0.1, 0.15) is 0 Å². The van der Waals surface area contributed by atoms with Crippen molar-refractivity contribution >= 4 is 11.1 Å². The van der Waals surface area contributed by atoms with Crippen LogP contribution in [0.1, 0.15) is 45.2 Å². The zero-order valence-corrected chi connectivity index (χ0v) is 15.0. The van der Waals surface area contributed by atoms with Crippen LogP contribution >= 0.6 is 0 Å². The van der Waals surface area contributed by atoms with E-state index in [1.54, 1.807) is 6.08 Å². The summed E-state index contributed by atoms with van der Waals surface area (Å²) in [5.74, 6) is 0. The molecule has 1 aromatic carbocycles. The van der Waals surface area contributed by atoms with E-state index in [2.05, 4.69) is 75.6 Å². The van der Waals surface area contributed by atoms with Crippen molar-refractivity contribution in [3.8, 4) is 0 Å². The van der Waals surface area contributed by atoms with Crippen LogP contribution in [-0.4, -0.2) is 0 Å². The Hall–Kier alpha value is -2.34. The molecular weight excluding hydrogens is 276 g/mol. The predicted octanol–water partition coefficient (Wildman–Crippen LogP) is 7.39. The van der Waals surface area contributed by atoms with Crippen LogP contribution in [0.2, 0.25) is 0 Å². The average Bonchev–Trinajstić information content (AvgIpc) is 2.61. The number of rotatable bonds is 7. The van der Waals surface area contributed by atoms with Crippen LogP contribution < -0.4 is 0 Å². The Morgan fingerprint density at radius 3 is 2.39 bits per heavy atom. The van der Waals surface area contributed by atoms with E-state index in [0.717, 1.165) is 6.42 Å². The number of allylic oxidation sites excluding steroid dienone is 10. The highest BCUT2D eigenvalue weighted by Gasteiger charge is 2.00. The van der Waals surface area contributed by atoms with Crippen molar-refractivity contribution in [2.24, 2.45) is 0 Å². The van der Waals surface area contributed by atoms with Gasteiger partial charge in [-0.15, -0.1) is 6.58 Å². The van der Waals surface area contributed by atoms with Crippen molar-refractivity contribution in [1.82, 2.24) is 0 Å². The van der Waals surface area contributed by atoms with E-state index in [1.165, 1.54) is 22.3 Å². The van der Waals surface area contributed by atoms with Gasteiger partial charge in [0.2, 0.25) is 0 Å². The fourth-order valence-electron chi connectivity index (χ4n) is 1.97. The Morgan fingerprint density at radius 2 is 1.78 bits per heavy atom. The molecule has 0 aliphatic heterocycles. The molecule has 23 heavy (non-hydrogen) atoms. The van der Waals surface area contributed by atoms with Gasteiger partial charge in [0.15, 0.2) is 0 Å². The number of benzene rings is 1. The summed E-state index contributed by atoms with van der Waals surface area (Å²) in [5.41, 5.74) is 4.93. The predicted molar refractivity (Wildman–Crippen MR) is 108 cm³/mol. The van der Waals surface area contributed by atoms with E-state index < -0.39 is 0 Å². The summed E-state index contributed by atoms with van der Waals surface area (Å²) in [7, 11) is 0. The molecule has 0 heterocycles. The first-order valence-corrected chi connectivity index (χ1v) is 8.23. The van der Waals surface area contributed by atoms with Gasteiger partial charge in [-0.2, -0.15) is 0 Å². The maximum absolute atomic E-state index is 3.74. The molecule has 0 saturated heterocycles. The van der Waals surface area contributed by atoms with Gasteiger partial charge >= 0.3 is 0 Å². The third kappa shape index (κ3) is 8.01. The van der Waals surface area contributed by atoms with Gasteiger partial charge in [-0.05, 0) is 48.6 Å². The van der Waals surface area contributed by atoms with Crippen LogP contribution in [0.4, 0.5) is 0 Å². The SMILES string of the molecule is C=C/C=C\C=C(/C)c1cccc(C(/C=C\CC=C)=C/C)c1.CC. The van der Waals surface area contributed by atoms with E-state index in [0.29, 0.717) is 0 Å². The first kappa shape index (κ1) is 20.7. The molecule has 0 saturated carbocycles. The lowest BCUT2D eigenvalue weighted by Crippen LogP contribution is -1.85. The van der Waals surface area contributed by atoms with Gasteiger partial charge < -0.3 is 0 Å². The first-order valence-electron chi connectivity index (χ1n) is 8.23. The summed E-state index contributed by atoms with van der Waals surface area (Å²) in [6.45, 7) is 15.6. The third-order valence-electron chi connectivity index (χ3n) is 3.16. The maximum Gasteiger partial charge on any atom is -0.0169 e. The zero-order chi connectivity index (χ0) is 17.5. The van der Waals surface area contributed by atoms with Gasteiger partial charge in [-0.3, -0.25) is 0 Å². The molecule has 0 bridgehead atoms. The summed E-state index contributed by atoms with van der Waals surface area (Å²) in [5, 5.41) is 0. The fraction of sp³-hybridized carbons (Fsp3) is 0.217. The minimum Gasteiger partial charge on any atom is -0.103 e. The molecule has 0 aliphatic rings. The van der Waals surface area contributed by atoms with Crippen LogP contribution in [0.3, 0.4) is 0 Å². The molecule has 0 fully saturated rings. The molecule has 122 valence electrons. The van der Waals surface area contributed by atoms with Gasteiger partial charge in [-0.1, -0.05) is 87.2 Å². The largest absolute Gasteiger partial charge is 0.103 e. The highest BCUT2D eigenvalue weighted by molar-refractivity contribution is 5.77. The minimum atomic E-state index is 0.891. The average molecular weight is 306 g/mol. The van der Waals surface area contributed by atoms with E-state index in [4.69, 9.17) is 0 Å². The Balaban J connectivity index is 0.00000232. The van der Waals surface area contributed by atoms with Gasteiger partial charge in [0.05, 0.1) is 0 Å². The molecular formula is C23H30. The molecule has 0 spiro atoms. The molecule has 0 atom stereocenters. The monoisotopic (exact) mass is 306 g/mol. The molecule has 0 N–H and O–H groups in total. The van der Waals surface area contributed by atoms with E-state index in [9.17, 15) is 0 Å². The lowest BCUT2D eigenvalue weighted by molar-refractivity contribution is 1.40. The van der Waals surface area contributed by atoms with Crippen LogP contribution in [0.15, 0.2) is 86.0 Å². The van der Waals surface area contributed by atoms with Gasteiger partial charge in [0, 0.05) is 0 Å². The van der Waals surface area contributed by atoms with Crippen molar-refractivity contribution < 1.29 is 0 Å². The molecule has 1 aromatic rings. The highest BCUT2D eigenvalue weighted by atomic mass is 14.0. The van der Waals surface area contributed by atoms with Crippen molar-refractivity contribution in [1.29, 1.82) is 0 Å². The van der Waals surface area contributed by atoms with Crippen LogP contribution in [0.5, 0.6) is 0 Å². The molecule has 1 rings (SSSR count). The van der Waals surface area contributed by atoms with E-state index >= 15 is 0 Å². The highest BCUT2D eigenvalue weighted by Crippen LogP contribution is 2.21. The summed E-state index contributed by atoms with van der Waals surface area (Å²) in [6, 6.07) is 8.60. The van der Waals surface area contributed by atoms with Crippen molar-refractivity contribution in [3.05, 3.63) is 97.2 Å². The summed E-state index contributed by atoms with van der Waals surface area (Å²) < 4.78 is 0. The van der Waals surface area contributed by atoms with Gasteiger partial charge in [-0.25, -0.2) is 0 Å². The normalized spacial score (nSPS) is 12.2. The minimum absolute atomic E-state index is 0.891. The number of hydrogen-bond acceptors (Lipinski definition) is 0. The molecule has 0 unspecified atom stereocenters. The molecule has 0 heteroatoms. The quantitative estimate of drug-likeness (QED) is 0.364. The standard InChI is InChI=1S/C21H24.C2H6/c1-5-8-10-13-18(4)20-15-12-16-21(17-20)19(7-3)14-11-9-6-2;1-2/h5-8,10-17H,1-2,9H2,3-4H3;1-2H3/b10-8-,14-11-,18-13+,19-7+;. The second-order valence-electron chi connectivity index (χ2n) is 4.72. The third-order valence-corrected chi connectivity index (χ3v) is 3.16. The smallest absolute Gasteiger partial charge is 0.0169 e. The second-order valence-corrected chi connectivity index (χ2v) is 4.72. The summed E-state index contributed by atoms with van der Waals surface area (Å²) >= 11 is 0. The van der Waals surface area contributed by atoms with Crippen molar-refractivity contribution in [2.45, 2.75) is 34.1 Å². The number of hydrogen-bond donors (Lipinski definition) is 0. The Labute approximate surface area is 143 Å².